The largest absolute Gasteiger partial charge is 0.390 e. The van der Waals surface area contributed by atoms with Crippen molar-refractivity contribution in [1.29, 1.82) is 0 Å². The fourth-order valence-electron chi connectivity index (χ4n) is 2.42. The molecule has 15 heavy (non-hydrogen) atoms. The van der Waals surface area contributed by atoms with Crippen LogP contribution in [0.3, 0.4) is 0 Å². The van der Waals surface area contributed by atoms with Gasteiger partial charge in [-0.05, 0) is 31.6 Å². The summed E-state index contributed by atoms with van der Waals surface area (Å²) in [6.07, 6.45) is 7.99. The first kappa shape index (κ1) is 13.0. The average molecular weight is 214 g/mol. The Bertz CT molecular complexity index is 153. The molecule has 0 aromatic carbocycles. The standard InChI is InChI=1S/C13H26O2/c1-3-7-12(14)13(4-2)15-10-11-8-5-6-9-11/h11-14H,3-10H2,1-2H3. The maximum Gasteiger partial charge on any atom is 0.0831 e. The first-order valence-corrected chi connectivity index (χ1v) is 6.57. The molecule has 1 aliphatic carbocycles. The van der Waals surface area contributed by atoms with Crippen LogP contribution in [-0.2, 0) is 4.74 Å². The van der Waals surface area contributed by atoms with Crippen molar-refractivity contribution in [2.75, 3.05) is 6.61 Å². The Morgan fingerprint density at radius 3 is 2.47 bits per heavy atom. The van der Waals surface area contributed by atoms with Gasteiger partial charge in [-0.25, -0.2) is 0 Å². The first-order chi connectivity index (χ1) is 7.27. The Morgan fingerprint density at radius 2 is 1.93 bits per heavy atom. The van der Waals surface area contributed by atoms with Crippen molar-refractivity contribution in [3.63, 3.8) is 0 Å². The lowest BCUT2D eigenvalue weighted by Gasteiger charge is -2.23. The van der Waals surface area contributed by atoms with Crippen molar-refractivity contribution in [2.45, 2.75) is 71.0 Å². The van der Waals surface area contributed by atoms with Crippen LogP contribution in [0, 0.1) is 5.92 Å². The lowest BCUT2D eigenvalue weighted by molar-refractivity contribution is -0.0531. The molecular weight excluding hydrogens is 188 g/mol. The number of hydrogen-bond donors (Lipinski definition) is 1. The molecule has 2 heteroatoms. The SMILES string of the molecule is CCCC(O)C(CC)OCC1CCCC1. The zero-order valence-electron chi connectivity index (χ0n) is 10.2. The molecule has 0 amide bonds. The van der Waals surface area contributed by atoms with Crippen LogP contribution < -0.4 is 0 Å². The van der Waals surface area contributed by atoms with Gasteiger partial charge < -0.3 is 9.84 Å². The minimum Gasteiger partial charge on any atom is -0.390 e. The Kier molecular flexibility index (Phi) is 6.26. The summed E-state index contributed by atoms with van der Waals surface area (Å²) >= 11 is 0. The molecule has 1 rings (SSSR count). The molecule has 2 nitrogen and oxygen atoms in total. The number of aliphatic hydroxyl groups excluding tert-OH is 1. The molecule has 2 atom stereocenters. The van der Waals surface area contributed by atoms with Crippen molar-refractivity contribution < 1.29 is 9.84 Å². The van der Waals surface area contributed by atoms with E-state index in [2.05, 4.69) is 13.8 Å². The molecule has 2 unspecified atom stereocenters. The van der Waals surface area contributed by atoms with E-state index < -0.39 is 0 Å². The van der Waals surface area contributed by atoms with Crippen molar-refractivity contribution in [3.05, 3.63) is 0 Å². The van der Waals surface area contributed by atoms with Crippen LogP contribution in [0.1, 0.15) is 58.8 Å². The van der Waals surface area contributed by atoms with Crippen LogP contribution in [0.5, 0.6) is 0 Å². The fraction of sp³-hybridized carbons (Fsp3) is 1.00. The summed E-state index contributed by atoms with van der Waals surface area (Å²) in [6.45, 7) is 5.06. The summed E-state index contributed by atoms with van der Waals surface area (Å²) in [5.74, 6) is 0.757. The van der Waals surface area contributed by atoms with E-state index in [4.69, 9.17) is 4.74 Å². The van der Waals surface area contributed by atoms with Crippen LogP contribution in [0.4, 0.5) is 0 Å². The van der Waals surface area contributed by atoms with E-state index >= 15 is 0 Å². The van der Waals surface area contributed by atoms with Gasteiger partial charge >= 0.3 is 0 Å². The number of aliphatic hydroxyl groups is 1. The summed E-state index contributed by atoms with van der Waals surface area (Å²) in [5, 5.41) is 9.86. The summed E-state index contributed by atoms with van der Waals surface area (Å²) in [7, 11) is 0. The monoisotopic (exact) mass is 214 g/mol. The molecule has 0 radical (unpaired) electrons. The van der Waals surface area contributed by atoms with Crippen molar-refractivity contribution in [2.24, 2.45) is 5.92 Å². The summed E-state index contributed by atoms with van der Waals surface area (Å²) < 4.78 is 5.84. The highest BCUT2D eigenvalue weighted by molar-refractivity contribution is 4.71. The molecule has 1 saturated carbocycles. The Balaban J connectivity index is 2.19. The van der Waals surface area contributed by atoms with E-state index in [1.54, 1.807) is 0 Å². The molecule has 90 valence electrons. The second kappa shape index (κ2) is 7.24. The van der Waals surface area contributed by atoms with E-state index in [9.17, 15) is 5.11 Å². The normalized spacial score (nSPS) is 21.8. The molecule has 0 aliphatic heterocycles. The van der Waals surface area contributed by atoms with Crippen molar-refractivity contribution in [1.82, 2.24) is 0 Å². The maximum atomic E-state index is 9.86. The van der Waals surface area contributed by atoms with Gasteiger partial charge in [-0.15, -0.1) is 0 Å². The average Bonchev–Trinajstić information content (AvgIpc) is 2.72. The van der Waals surface area contributed by atoms with Crippen LogP contribution in [0.2, 0.25) is 0 Å². The zero-order valence-corrected chi connectivity index (χ0v) is 10.2. The molecule has 0 aromatic rings. The van der Waals surface area contributed by atoms with Crippen molar-refractivity contribution in [3.8, 4) is 0 Å². The second-order valence-corrected chi connectivity index (χ2v) is 4.79. The Labute approximate surface area is 94.0 Å². The van der Waals surface area contributed by atoms with Gasteiger partial charge in [-0.1, -0.05) is 33.1 Å². The van der Waals surface area contributed by atoms with Crippen LogP contribution in [-0.4, -0.2) is 23.9 Å². The Hall–Kier alpha value is -0.0800. The maximum absolute atomic E-state index is 9.86. The van der Waals surface area contributed by atoms with Gasteiger partial charge in [-0.3, -0.25) is 0 Å². The van der Waals surface area contributed by atoms with E-state index in [1.807, 2.05) is 0 Å². The van der Waals surface area contributed by atoms with E-state index in [0.29, 0.717) is 0 Å². The highest BCUT2D eigenvalue weighted by Crippen LogP contribution is 2.25. The van der Waals surface area contributed by atoms with Gasteiger partial charge in [0, 0.05) is 6.61 Å². The van der Waals surface area contributed by atoms with E-state index in [-0.39, 0.29) is 12.2 Å². The summed E-state index contributed by atoms with van der Waals surface area (Å²) in [5.41, 5.74) is 0. The molecule has 0 saturated heterocycles. The van der Waals surface area contributed by atoms with Gasteiger partial charge in [0.1, 0.15) is 0 Å². The summed E-state index contributed by atoms with van der Waals surface area (Å²) in [6, 6.07) is 0. The Morgan fingerprint density at radius 1 is 1.27 bits per heavy atom. The number of ether oxygens (including phenoxy) is 1. The molecule has 0 heterocycles. The van der Waals surface area contributed by atoms with Gasteiger partial charge in [0.15, 0.2) is 0 Å². The molecule has 0 aromatic heterocycles. The number of rotatable bonds is 7. The van der Waals surface area contributed by atoms with E-state index in [1.165, 1.54) is 25.7 Å². The minimum absolute atomic E-state index is 0.0607. The van der Waals surface area contributed by atoms with Crippen LogP contribution >= 0.6 is 0 Å². The fourth-order valence-corrected chi connectivity index (χ4v) is 2.42. The highest BCUT2D eigenvalue weighted by atomic mass is 16.5. The third kappa shape index (κ3) is 4.52. The lowest BCUT2D eigenvalue weighted by atomic mass is 10.1. The van der Waals surface area contributed by atoms with Gasteiger partial charge in [0.2, 0.25) is 0 Å². The first-order valence-electron chi connectivity index (χ1n) is 6.57. The van der Waals surface area contributed by atoms with Crippen molar-refractivity contribution >= 4 is 0 Å². The third-order valence-corrected chi connectivity index (χ3v) is 3.44. The lowest BCUT2D eigenvalue weighted by Crippen LogP contribution is -2.29. The predicted octanol–water partition coefficient (Wildman–Crippen LogP) is 3.13. The van der Waals surface area contributed by atoms with Crippen LogP contribution in [0.25, 0.3) is 0 Å². The highest BCUT2D eigenvalue weighted by Gasteiger charge is 2.21. The molecule has 1 aliphatic rings. The third-order valence-electron chi connectivity index (χ3n) is 3.44. The second-order valence-electron chi connectivity index (χ2n) is 4.79. The molecule has 0 bridgehead atoms. The van der Waals surface area contributed by atoms with E-state index in [0.717, 1.165) is 31.8 Å². The molecule has 1 N–H and O–H groups in total. The molecule has 0 spiro atoms. The minimum atomic E-state index is -0.263. The van der Waals surface area contributed by atoms with Crippen LogP contribution in [0.15, 0.2) is 0 Å². The molecule has 1 fully saturated rings. The predicted molar refractivity (Wildman–Crippen MR) is 62.9 cm³/mol. The topological polar surface area (TPSA) is 29.5 Å². The number of hydrogen-bond acceptors (Lipinski definition) is 2. The molecular formula is C13H26O2. The zero-order chi connectivity index (χ0) is 11.1. The smallest absolute Gasteiger partial charge is 0.0831 e. The quantitative estimate of drug-likeness (QED) is 0.705. The van der Waals surface area contributed by atoms with Gasteiger partial charge in [0.05, 0.1) is 12.2 Å². The van der Waals surface area contributed by atoms with Gasteiger partial charge in [0.25, 0.3) is 0 Å². The summed E-state index contributed by atoms with van der Waals surface area (Å²) in [4.78, 5) is 0. The van der Waals surface area contributed by atoms with Gasteiger partial charge in [-0.2, -0.15) is 0 Å².